The van der Waals surface area contributed by atoms with Crippen LogP contribution in [0.15, 0.2) is 39.9 Å². The second-order valence-corrected chi connectivity index (χ2v) is 6.46. The molecule has 0 amide bonds. The molecule has 0 radical (unpaired) electrons. The number of isocyanates is 8. The minimum absolute atomic E-state index is 0.207. The van der Waals surface area contributed by atoms with Gasteiger partial charge in [0.05, 0.1) is 51.9 Å². The van der Waals surface area contributed by atoms with Gasteiger partial charge < -0.3 is 0 Å². The highest BCUT2D eigenvalue weighted by atomic mass is 16.1. The summed E-state index contributed by atoms with van der Waals surface area (Å²) >= 11 is 0. The molecule has 0 spiro atoms. The van der Waals surface area contributed by atoms with Crippen molar-refractivity contribution in [1.82, 2.24) is 0 Å². The molecule has 0 aliphatic heterocycles. The molecule has 210 valence electrons. The maximum Gasteiger partial charge on any atom is 0.235 e. The van der Waals surface area contributed by atoms with Crippen LogP contribution in [-0.4, -0.2) is 100 Å². The van der Waals surface area contributed by atoms with Gasteiger partial charge in [-0.1, -0.05) is 12.8 Å². The van der Waals surface area contributed by atoms with Gasteiger partial charge in [0.2, 0.25) is 48.6 Å². The van der Waals surface area contributed by atoms with E-state index in [-0.39, 0.29) is 25.7 Å². The van der Waals surface area contributed by atoms with Gasteiger partial charge in [0.15, 0.2) is 0 Å². The molecule has 0 aromatic carbocycles. The second kappa shape index (κ2) is 46.4. The van der Waals surface area contributed by atoms with Crippen LogP contribution in [-0.2, 0) is 38.4 Å². The maximum absolute atomic E-state index is 9.63. The van der Waals surface area contributed by atoms with Gasteiger partial charge in [0.1, 0.15) is 0 Å². The Morgan fingerprint density at radius 2 is 0.667 bits per heavy atom. The standard InChI is InChI=1S/C8H12N2O2.C6H8N2O2.C5H6N2O2.C4H4N2O2/c11-7-9-5-3-1-2-4-6-10-8-12;9-5-7-3-1-2-4-8-6-10;1-5(7-4-9)2-6-3-8;7-3-5-1-2-6-4-8/h1-6H2;1-4H2;5H,2H2,1H3;1-2H2. The van der Waals surface area contributed by atoms with Crippen molar-refractivity contribution in [2.75, 3.05) is 45.8 Å². The third-order valence-corrected chi connectivity index (χ3v) is 3.48. The Morgan fingerprint density at radius 3 is 0.949 bits per heavy atom. The summed E-state index contributed by atoms with van der Waals surface area (Å²) in [4.78, 5) is 102. The molecule has 0 aromatic rings. The monoisotopic (exact) mass is 546 g/mol. The number of rotatable bonds is 18. The molecular formula is C23H30N8O8. The number of aliphatic imine (C=N–C) groups is 8. The van der Waals surface area contributed by atoms with Crippen LogP contribution in [0.25, 0.3) is 0 Å². The van der Waals surface area contributed by atoms with Crippen molar-refractivity contribution < 1.29 is 38.4 Å². The quantitative estimate of drug-likeness (QED) is 0.138. The predicted octanol–water partition coefficient (Wildman–Crippen LogP) is 1.36. The molecule has 0 aliphatic carbocycles. The molecule has 0 saturated carbocycles. The van der Waals surface area contributed by atoms with Crippen molar-refractivity contribution in [3.63, 3.8) is 0 Å². The zero-order chi connectivity index (χ0) is 30.1. The summed E-state index contributed by atoms with van der Waals surface area (Å²) in [6.45, 7) is 4.36. The predicted molar refractivity (Wildman–Crippen MR) is 136 cm³/mol. The minimum atomic E-state index is -0.260. The third kappa shape index (κ3) is 60.0. The Bertz CT molecular complexity index is 926. The van der Waals surface area contributed by atoms with Crippen molar-refractivity contribution in [2.24, 2.45) is 39.9 Å². The van der Waals surface area contributed by atoms with E-state index < -0.39 is 0 Å². The van der Waals surface area contributed by atoms with E-state index in [4.69, 9.17) is 0 Å². The highest BCUT2D eigenvalue weighted by Crippen LogP contribution is 1.99. The summed E-state index contributed by atoms with van der Waals surface area (Å²) in [5.74, 6) is 0. The van der Waals surface area contributed by atoms with Gasteiger partial charge >= 0.3 is 0 Å². The fourth-order valence-electron chi connectivity index (χ4n) is 1.79. The number of hydrogen-bond acceptors (Lipinski definition) is 16. The number of hydrogen-bond donors (Lipinski definition) is 0. The molecule has 1 atom stereocenters. The third-order valence-electron chi connectivity index (χ3n) is 3.48. The zero-order valence-corrected chi connectivity index (χ0v) is 21.6. The highest BCUT2D eigenvalue weighted by molar-refractivity contribution is 5.35. The molecule has 1 unspecified atom stereocenters. The Balaban J connectivity index is -0.000000212. The van der Waals surface area contributed by atoms with E-state index in [0.717, 1.165) is 38.5 Å². The van der Waals surface area contributed by atoms with E-state index in [1.165, 1.54) is 48.6 Å². The molecule has 16 nitrogen and oxygen atoms in total. The maximum atomic E-state index is 9.63. The Hall–Kier alpha value is -4.96. The van der Waals surface area contributed by atoms with E-state index in [1.807, 2.05) is 0 Å². The lowest BCUT2D eigenvalue weighted by molar-refractivity contribution is 0.554. The molecule has 39 heavy (non-hydrogen) atoms. The molecule has 0 heterocycles. The first kappa shape index (κ1) is 41.2. The Kier molecular flexibility index (Phi) is 49.0. The van der Waals surface area contributed by atoms with E-state index in [1.54, 1.807) is 6.92 Å². The van der Waals surface area contributed by atoms with Crippen molar-refractivity contribution in [1.29, 1.82) is 0 Å². The molecule has 0 aliphatic rings. The average Bonchev–Trinajstić information content (AvgIpc) is 2.95. The topological polar surface area (TPSA) is 235 Å². The summed E-state index contributed by atoms with van der Waals surface area (Å²) in [6.07, 6.45) is 16.5. The lowest BCUT2D eigenvalue weighted by atomic mass is 10.2. The van der Waals surface area contributed by atoms with Gasteiger partial charge in [-0.25, -0.2) is 78.3 Å². The fraction of sp³-hybridized carbons (Fsp3) is 0.652. The van der Waals surface area contributed by atoms with E-state index in [2.05, 4.69) is 39.9 Å². The molecular weight excluding hydrogens is 516 g/mol. The lowest BCUT2D eigenvalue weighted by Gasteiger charge is -1.93. The number of nitrogens with zero attached hydrogens (tertiary/aromatic N) is 8. The molecule has 0 aromatic heterocycles. The van der Waals surface area contributed by atoms with Crippen molar-refractivity contribution in [3.05, 3.63) is 0 Å². The summed E-state index contributed by atoms with van der Waals surface area (Å²) in [6, 6.07) is -0.260. The molecule has 0 N–H and O–H groups in total. The van der Waals surface area contributed by atoms with Crippen LogP contribution in [0, 0.1) is 0 Å². The zero-order valence-electron chi connectivity index (χ0n) is 21.6. The molecule has 0 rings (SSSR count). The molecule has 16 heteroatoms. The highest BCUT2D eigenvalue weighted by Gasteiger charge is 1.93. The number of unbranched alkanes of at least 4 members (excludes halogenated alkanes) is 4. The van der Waals surface area contributed by atoms with Crippen LogP contribution in [0.5, 0.6) is 0 Å². The Morgan fingerprint density at radius 1 is 0.385 bits per heavy atom. The summed E-state index contributed by atoms with van der Waals surface area (Å²) in [5.41, 5.74) is 0. The SMILES string of the molecule is CC(CN=C=O)N=C=O.O=C=NCCCCCCN=C=O.O=C=NCCCCN=C=O.O=C=NCCN=C=O. The van der Waals surface area contributed by atoms with Crippen LogP contribution in [0.4, 0.5) is 0 Å². The summed E-state index contributed by atoms with van der Waals surface area (Å²) < 4.78 is 0. The van der Waals surface area contributed by atoms with Gasteiger partial charge in [-0.3, -0.25) is 0 Å². The van der Waals surface area contributed by atoms with E-state index in [9.17, 15) is 38.4 Å². The molecule has 0 bridgehead atoms. The smallest absolute Gasteiger partial charge is 0.211 e. The first-order chi connectivity index (χ1) is 19.1. The first-order valence-electron chi connectivity index (χ1n) is 11.4. The van der Waals surface area contributed by atoms with E-state index in [0.29, 0.717) is 26.2 Å². The Labute approximate surface area is 224 Å². The van der Waals surface area contributed by atoms with Gasteiger partial charge in [0.25, 0.3) is 0 Å². The lowest BCUT2D eigenvalue weighted by Crippen LogP contribution is -2.00. The van der Waals surface area contributed by atoms with Gasteiger partial charge in [0, 0.05) is 0 Å². The first-order valence-corrected chi connectivity index (χ1v) is 11.4. The van der Waals surface area contributed by atoms with Crippen molar-refractivity contribution >= 4 is 48.6 Å². The minimum Gasteiger partial charge on any atom is -0.211 e. The van der Waals surface area contributed by atoms with Gasteiger partial charge in [-0.05, 0) is 32.6 Å². The van der Waals surface area contributed by atoms with E-state index >= 15 is 0 Å². The van der Waals surface area contributed by atoms with Crippen molar-refractivity contribution in [3.8, 4) is 0 Å². The van der Waals surface area contributed by atoms with Gasteiger partial charge in [-0.2, -0.15) is 0 Å². The van der Waals surface area contributed by atoms with Crippen LogP contribution >= 0.6 is 0 Å². The van der Waals surface area contributed by atoms with Crippen LogP contribution in [0.1, 0.15) is 45.4 Å². The average molecular weight is 547 g/mol. The van der Waals surface area contributed by atoms with Crippen molar-refractivity contribution in [2.45, 2.75) is 51.5 Å². The fourth-order valence-corrected chi connectivity index (χ4v) is 1.79. The largest absolute Gasteiger partial charge is 0.235 e. The normalized spacial score (nSPS) is 8.33. The number of carbonyl (C=O) groups excluding carboxylic acids is 8. The van der Waals surface area contributed by atoms with Crippen LogP contribution in [0.3, 0.4) is 0 Å². The van der Waals surface area contributed by atoms with Gasteiger partial charge in [-0.15, -0.1) is 0 Å². The molecule has 0 saturated heterocycles. The summed E-state index contributed by atoms with van der Waals surface area (Å²) in [5, 5.41) is 0. The second-order valence-electron chi connectivity index (χ2n) is 6.46. The van der Waals surface area contributed by atoms with Crippen LogP contribution < -0.4 is 0 Å². The summed E-state index contributed by atoms with van der Waals surface area (Å²) in [7, 11) is 0. The van der Waals surface area contributed by atoms with Crippen LogP contribution in [0.2, 0.25) is 0 Å². The molecule has 0 fully saturated rings.